The highest BCUT2D eigenvalue weighted by Gasteiger charge is 2.32. The van der Waals surface area contributed by atoms with E-state index in [0.717, 1.165) is 18.5 Å². The lowest BCUT2D eigenvalue weighted by atomic mass is 9.97. The van der Waals surface area contributed by atoms with Crippen LogP contribution in [-0.4, -0.2) is 48.3 Å². The van der Waals surface area contributed by atoms with Gasteiger partial charge in [-0.05, 0) is 74.7 Å². The second-order valence-electron chi connectivity index (χ2n) is 6.48. The van der Waals surface area contributed by atoms with E-state index >= 15 is 0 Å². The number of tetrazole rings is 1. The zero-order valence-corrected chi connectivity index (χ0v) is 16.2. The average molecular weight is 380 g/mol. The summed E-state index contributed by atoms with van der Waals surface area (Å²) in [4.78, 5) is 15.0. The molecule has 0 unspecified atom stereocenters. The van der Waals surface area contributed by atoms with Crippen LogP contribution in [0, 0.1) is 0 Å². The number of carbonyl (C=O) groups is 1. The molecule has 1 aromatic heterocycles. The van der Waals surface area contributed by atoms with Gasteiger partial charge in [-0.15, -0.1) is 5.10 Å². The first-order chi connectivity index (χ1) is 12.0. The van der Waals surface area contributed by atoms with Crippen LogP contribution in [0.1, 0.15) is 40.0 Å². The summed E-state index contributed by atoms with van der Waals surface area (Å²) in [5.41, 5.74) is 0.816. The predicted octanol–water partition coefficient (Wildman–Crippen LogP) is 3.59. The van der Waals surface area contributed by atoms with Crippen molar-refractivity contribution in [2.45, 2.75) is 62.5 Å². The van der Waals surface area contributed by atoms with Crippen LogP contribution in [0.25, 0.3) is 5.69 Å². The maximum atomic E-state index is 12.9. The van der Waals surface area contributed by atoms with Crippen molar-refractivity contribution in [1.82, 2.24) is 25.1 Å². The second kappa shape index (κ2) is 7.74. The maximum absolute atomic E-state index is 12.9. The summed E-state index contributed by atoms with van der Waals surface area (Å²) in [7, 11) is 0. The van der Waals surface area contributed by atoms with E-state index < -0.39 is 0 Å². The van der Waals surface area contributed by atoms with Gasteiger partial charge in [0, 0.05) is 17.1 Å². The third kappa shape index (κ3) is 3.98. The first-order valence-corrected chi connectivity index (χ1v) is 9.76. The van der Waals surface area contributed by atoms with Gasteiger partial charge in [0.25, 0.3) is 0 Å². The van der Waals surface area contributed by atoms with Gasteiger partial charge in [-0.3, -0.25) is 4.79 Å². The SMILES string of the molecule is C[C@@H]1CCC[C@H](C)N1C(=O)[C@@H](C)Sc1nnnn1-c1ccc(Cl)cc1. The van der Waals surface area contributed by atoms with Crippen molar-refractivity contribution in [2.24, 2.45) is 0 Å². The van der Waals surface area contributed by atoms with Crippen LogP contribution in [0.3, 0.4) is 0 Å². The number of hydrogen-bond acceptors (Lipinski definition) is 5. The Kier molecular flexibility index (Phi) is 5.64. The minimum Gasteiger partial charge on any atom is -0.336 e. The number of hydrogen-bond donors (Lipinski definition) is 0. The van der Waals surface area contributed by atoms with Gasteiger partial charge >= 0.3 is 0 Å². The lowest BCUT2D eigenvalue weighted by Gasteiger charge is -2.40. The van der Waals surface area contributed by atoms with Crippen molar-refractivity contribution in [1.29, 1.82) is 0 Å². The Balaban J connectivity index is 1.75. The number of rotatable bonds is 4. The molecular weight excluding hydrogens is 358 g/mol. The van der Waals surface area contributed by atoms with E-state index in [0.29, 0.717) is 10.2 Å². The highest BCUT2D eigenvalue weighted by atomic mass is 35.5. The number of thioether (sulfide) groups is 1. The van der Waals surface area contributed by atoms with E-state index in [2.05, 4.69) is 29.4 Å². The molecule has 25 heavy (non-hydrogen) atoms. The number of carbonyl (C=O) groups excluding carboxylic acids is 1. The fourth-order valence-electron chi connectivity index (χ4n) is 3.27. The monoisotopic (exact) mass is 379 g/mol. The highest BCUT2D eigenvalue weighted by Crippen LogP contribution is 2.29. The van der Waals surface area contributed by atoms with Gasteiger partial charge in [0.15, 0.2) is 0 Å². The summed E-state index contributed by atoms with van der Waals surface area (Å²) in [5, 5.41) is 12.9. The fourth-order valence-corrected chi connectivity index (χ4v) is 4.26. The van der Waals surface area contributed by atoms with Gasteiger partial charge in [0.2, 0.25) is 11.1 Å². The van der Waals surface area contributed by atoms with Crippen LogP contribution in [0.4, 0.5) is 0 Å². The molecule has 2 aromatic rings. The Bertz CT molecular complexity index is 725. The van der Waals surface area contributed by atoms with Crippen LogP contribution >= 0.6 is 23.4 Å². The Hall–Kier alpha value is -1.60. The Morgan fingerprint density at radius 1 is 1.24 bits per heavy atom. The van der Waals surface area contributed by atoms with Gasteiger partial charge in [-0.2, -0.15) is 4.68 Å². The van der Waals surface area contributed by atoms with E-state index in [1.54, 1.807) is 16.8 Å². The molecule has 0 spiro atoms. The van der Waals surface area contributed by atoms with Crippen molar-refractivity contribution < 1.29 is 4.79 Å². The number of nitrogens with zero attached hydrogens (tertiary/aromatic N) is 5. The van der Waals surface area contributed by atoms with Crippen LogP contribution in [0.5, 0.6) is 0 Å². The Labute approximate surface area is 156 Å². The van der Waals surface area contributed by atoms with Gasteiger partial charge in [0.1, 0.15) is 0 Å². The second-order valence-corrected chi connectivity index (χ2v) is 8.23. The van der Waals surface area contributed by atoms with E-state index in [1.807, 2.05) is 24.0 Å². The summed E-state index contributed by atoms with van der Waals surface area (Å²) in [5.74, 6) is 0.148. The van der Waals surface area contributed by atoms with E-state index in [9.17, 15) is 4.79 Å². The summed E-state index contributed by atoms with van der Waals surface area (Å²) in [6.07, 6.45) is 3.31. The highest BCUT2D eigenvalue weighted by molar-refractivity contribution is 8.00. The molecule has 0 N–H and O–H groups in total. The molecule has 3 atom stereocenters. The van der Waals surface area contributed by atoms with Crippen LogP contribution < -0.4 is 0 Å². The lowest BCUT2D eigenvalue weighted by molar-refractivity contribution is -0.136. The normalized spacial score (nSPS) is 22.0. The molecule has 1 aromatic carbocycles. The molecule has 8 heteroatoms. The summed E-state index contributed by atoms with van der Waals surface area (Å²) in [6, 6.07) is 7.85. The van der Waals surface area contributed by atoms with Crippen molar-refractivity contribution >= 4 is 29.3 Å². The molecule has 6 nitrogen and oxygen atoms in total. The molecule has 0 saturated carbocycles. The molecule has 134 valence electrons. The number of amides is 1. The fraction of sp³-hybridized carbons (Fsp3) is 0.529. The zero-order valence-electron chi connectivity index (χ0n) is 14.6. The molecule has 2 heterocycles. The molecule has 1 amide bonds. The molecule has 0 radical (unpaired) electrons. The maximum Gasteiger partial charge on any atom is 0.236 e. The van der Waals surface area contributed by atoms with Crippen molar-refractivity contribution in [3.05, 3.63) is 29.3 Å². The minimum atomic E-state index is -0.250. The first-order valence-electron chi connectivity index (χ1n) is 8.50. The molecule has 1 aliphatic heterocycles. The van der Waals surface area contributed by atoms with Gasteiger partial charge in [0.05, 0.1) is 10.9 Å². The summed E-state index contributed by atoms with van der Waals surface area (Å²) in [6.45, 7) is 6.17. The third-order valence-electron chi connectivity index (χ3n) is 4.59. The van der Waals surface area contributed by atoms with Crippen molar-refractivity contribution in [3.8, 4) is 5.69 Å². The van der Waals surface area contributed by atoms with E-state index in [1.165, 1.54) is 18.2 Å². The number of likely N-dealkylation sites (tertiary alicyclic amines) is 1. The van der Waals surface area contributed by atoms with Gasteiger partial charge in [-0.25, -0.2) is 0 Å². The Morgan fingerprint density at radius 3 is 2.52 bits per heavy atom. The molecule has 0 bridgehead atoms. The molecule has 0 aliphatic carbocycles. The van der Waals surface area contributed by atoms with Crippen molar-refractivity contribution in [3.63, 3.8) is 0 Å². The number of piperidine rings is 1. The number of aromatic nitrogens is 4. The topological polar surface area (TPSA) is 63.9 Å². The summed E-state index contributed by atoms with van der Waals surface area (Å²) >= 11 is 7.32. The number of benzene rings is 1. The standard InChI is InChI=1S/C17H22ClN5OS/c1-11-5-4-6-12(2)22(11)16(24)13(3)25-17-19-20-21-23(17)15-9-7-14(18)8-10-15/h7-13H,4-6H2,1-3H3/t11-,12+,13-/m1/s1. The minimum absolute atomic E-state index is 0.148. The van der Waals surface area contributed by atoms with Crippen LogP contribution in [0.15, 0.2) is 29.4 Å². The van der Waals surface area contributed by atoms with Gasteiger partial charge < -0.3 is 4.90 Å². The summed E-state index contributed by atoms with van der Waals surface area (Å²) < 4.78 is 1.63. The lowest BCUT2D eigenvalue weighted by Crippen LogP contribution is -2.50. The van der Waals surface area contributed by atoms with E-state index in [4.69, 9.17) is 11.6 Å². The molecule has 3 rings (SSSR count). The molecule has 1 saturated heterocycles. The van der Waals surface area contributed by atoms with E-state index in [-0.39, 0.29) is 23.2 Å². The van der Waals surface area contributed by atoms with Crippen LogP contribution in [0.2, 0.25) is 5.02 Å². The zero-order chi connectivity index (χ0) is 18.0. The smallest absolute Gasteiger partial charge is 0.236 e. The molecule has 1 aliphatic rings. The van der Waals surface area contributed by atoms with Crippen molar-refractivity contribution in [2.75, 3.05) is 0 Å². The third-order valence-corrected chi connectivity index (χ3v) is 5.86. The molecule has 1 fully saturated rings. The predicted molar refractivity (Wildman–Crippen MR) is 99.1 cm³/mol. The Morgan fingerprint density at radius 2 is 1.88 bits per heavy atom. The van der Waals surface area contributed by atoms with Gasteiger partial charge in [-0.1, -0.05) is 23.4 Å². The largest absolute Gasteiger partial charge is 0.336 e. The number of halogens is 1. The quantitative estimate of drug-likeness (QED) is 0.759. The first kappa shape index (κ1) is 18.2. The molecular formula is C17H22ClN5OS. The van der Waals surface area contributed by atoms with Crippen LogP contribution in [-0.2, 0) is 4.79 Å². The average Bonchev–Trinajstić information content (AvgIpc) is 3.03.